The largest absolute Gasteiger partial charge is 0.397 e. The highest BCUT2D eigenvalue weighted by molar-refractivity contribution is 6.31. The van der Waals surface area contributed by atoms with Crippen LogP contribution in [0, 0.1) is 5.82 Å². The Kier molecular flexibility index (Phi) is 2.09. The number of hydrogen-bond donors (Lipinski definition) is 1. The van der Waals surface area contributed by atoms with Gasteiger partial charge in [0.05, 0.1) is 16.4 Å². The van der Waals surface area contributed by atoms with E-state index < -0.39 is 5.82 Å². The molecule has 2 rings (SSSR count). The number of hydrogen-bond acceptors (Lipinski definition) is 3. The average Bonchev–Trinajstić information content (AvgIpc) is 2.64. The molecule has 1 aromatic heterocycles. The maximum absolute atomic E-state index is 12.9. The van der Waals surface area contributed by atoms with Gasteiger partial charge in [0, 0.05) is 6.07 Å². The van der Waals surface area contributed by atoms with Crippen molar-refractivity contribution in [3.8, 4) is 5.69 Å². The summed E-state index contributed by atoms with van der Waals surface area (Å²) in [5, 5.41) is 3.87. The van der Waals surface area contributed by atoms with Gasteiger partial charge >= 0.3 is 0 Å². The number of halogens is 2. The van der Waals surface area contributed by atoms with Gasteiger partial charge in [-0.25, -0.2) is 14.1 Å². The molecule has 1 aromatic carbocycles. The van der Waals surface area contributed by atoms with Crippen molar-refractivity contribution in [3.63, 3.8) is 0 Å². The van der Waals surface area contributed by atoms with E-state index in [0.717, 1.165) is 6.07 Å². The third kappa shape index (κ3) is 1.42. The molecular weight excluding hydrogens is 207 g/mol. The van der Waals surface area contributed by atoms with Crippen LogP contribution in [0.1, 0.15) is 0 Å². The van der Waals surface area contributed by atoms with Gasteiger partial charge in [-0.1, -0.05) is 11.6 Å². The molecule has 14 heavy (non-hydrogen) atoms. The van der Waals surface area contributed by atoms with Crippen molar-refractivity contribution in [2.45, 2.75) is 0 Å². The fourth-order valence-corrected chi connectivity index (χ4v) is 1.24. The minimum absolute atomic E-state index is 0.00435. The summed E-state index contributed by atoms with van der Waals surface area (Å²) in [6.45, 7) is 0. The van der Waals surface area contributed by atoms with E-state index in [0.29, 0.717) is 5.69 Å². The zero-order valence-electron chi connectivity index (χ0n) is 6.98. The molecule has 6 heteroatoms. The van der Waals surface area contributed by atoms with Crippen molar-refractivity contribution in [3.05, 3.63) is 35.6 Å². The molecule has 2 aromatic rings. The Morgan fingerprint density at radius 3 is 2.86 bits per heavy atom. The zero-order chi connectivity index (χ0) is 10.1. The molecule has 0 aliphatic carbocycles. The molecule has 0 radical (unpaired) electrons. The molecular formula is C8H6ClFN4. The zero-order valence-corrected chi connectivity index (χ0v) is 7.74. The number of anilines is 1. The minimum Gasteiger partial charge on any atom is -0.397 e. The lowest BCUT2D eigenvalue weighted by molar-refractivity contribution is 0.628. The third-order valence-electron chi connectivity index (χ3n) is 1.74. The lowest BCUT2D eigenvalue weighted by atomic mass is 10.2. The third-order valence-corrected chi connectivity index (χ3v) is 2.02. The van der Waals surface area contributed by atoms with E-state index in [-0.39, 0.29) is 10.7 Å². The standard InChI is InChI=1S/C8H6ClFN4/c9-5-1-8(7(11)2-6(5)10)14-4-12-3-13-14/h1-4H,11H2. The Bertz CT molecular complexity index is 455. The summed E-state index contributed by atoms with van der Waals surface area (Å²) in [5.74, 6) is -0.548. The fraction of sp³-hybridized carbons (Fsp3) is 0. The molecule has 0 saturated heterocycles. The van der Waals surface area contributed by atoms with E-state index in [1.165, 1.54) is 23.4 Å². The van der Waals surface area contributed by atoms with Crippen molar-refractivity contribution >= 4 is 17.3 Å². The molecule has 0 aliphatic rings. The molecule has 0 atom stereocenters. The van der Waals surface area contributed by atoms with Crippen LogP contribution in [0.2, 0.25) is 5.02 Å². The van der Waals surface area contributed by atoms with Gasteiger partial charge in [0.1, 0.15) is 18.5 Å². The Labute approximate surface area is 84.1 Å². The number of nitrogens with two attached hydrogens (primary N) is 1. The second kappa shape index (κ2) is 3.26. The van der Waals surface area contributed by atoms with Crippen LogP contribution in [-0.4, -0.2) is 14.8 Å². The molecule has 0 fully saturated rings. The van der Waals surface area contributed by atoms with Gasteiger partial charge < -0.3 is 5.73 Å². The van der Waals surface area contributed by atoms with Crippen molar-refractivity contribution in [1.29, 1.82) is 0 Å². The van der Waals surface area contributed by atoms with Gasteiger partial charge in [-0.05, 0) is 6.07 Å². The molecule has 1 heterocycles. The number of nitrogens with zero attached hydrogens (tertiary/aromatic N) is 3. The average molecular weight is 213 g/mol. The van der Waals surface area contributed by atoms with E-state index in [2.05, 4.69) is 10.1 Å². The Morgan fingerprint density at radius 2 is 2.21 bits per heavy atom. The van der Waals surface area contributed by atoms with Gasteiger partial charge in [0.25, 0.3) is 0 Å². The Morgan fingerprint density at radius 1 is 1.43 bits per heavy atom. The molecule has 0 spiro atoms. The summed E-state index contributed by atoms with van der Waals surface area (Å²) in [7, 11) is 0. The maximum Gasteiger partial charge on any atom is 0.143 e. The van der Waals surface area contributed by atoms with Crippen LogP contribution in [0.3, 0.4) is 0 Å². The van der Waals surface area contributed by atoms with Crippen molar-refractivity contribution in [2.75, 3.05) is 5.73 Å². The summed E-state index contributed by atoms with van der Waals surface area (Å²) in [6.07, 6.45) is 2.82. The number of nitrogen functional groups attached to an aromatic ring is 1. The van der Waals surface area contributed by atoms with Crippen LogP contribution in [0.5, 0.6) is 0 Å². The molecule has 2 N–H and O–H groups in total. The van der Waals surface area contributed by atoms with E-state index in [9.17, 15) is 4.39 Å². The lowest BCUT2D eigenvalue weighted by Gasteiger charge is -2.05. The molecule has 0 aliphatic heterocycles. The first kappa shape index (κ1) is 8.96. The van der Waals surface area contributed by atoms with Gasteiger partial charge in [0.15, 0.2) is 0 Å². The fourth-order valence-electron chi connectivity index (χ4n) is 1.08. The number of benzene rings is 1. The highest BCUT2D eigenvalue weighted by Gasteiger charge is 2.07. The summed E-state index contributed by atoms with van der Waals surface area (Å²) in [5.41, 5.74) is 6.36. The van der Waals surface area contributed by atoms with Crippen LogP contribution in [-0.2, 0) is 0 Å². The molecule has 0 bridgehead atoms. The predicted octanol–water partition coefficient (Wildman–Crippen LogP) is 1.64. The Hall–Kier alpha value is -1.62. The van der Waals surface area contributed by atoms with Crippen LogP contribution in [0.4, 0.5) is 10.1 Å². The smallest absolute Gasteiger partial charge is 0.143 e. The van der Waals surface area contributed by atoms with E-state index in [1.807, 2.05) is 0 Å². The normalized spacial score (nSPS) is 10.4. The first-order valence-electron chi connectivity index (χ1n) is 3.78. The molecule has 0 saturated carbocycles. The van der Waals surface area contributed by atoms with E-state index in [4.69, 9.17) is 17.3 Å². The predicted molar refractivity (Wildman–Crippen MR) is 50.7 cm³/mol. The first-order chi connectivity index (χ1) is 6.68. The minimum atomic E-state index is -0.548. The highest BCUT2D eigenvalue weighted by Crippen LogP contribution is 2.24. The van der Waals surface area contributed by atoms with Crippen LogP contribution >= 0.6 is 11.6 Å². The molecule has 0 amide bonds. The van der Waals surface area contributed by atoms with Crippen LogP contribution < -0.4 is 5.73 Å². The second-order valence-electron chi connectivity index (χ2n) is 2.67. The van der Waals surface area contributed by atoms with Gasteiger partial charge in [0.2, 0.25) is 0 Å². The van der Waals surface area contributed by atoms with Crippen molar-refractivity contribution < 1.29 is 4.39 Å². The monoisotopic (exact) mass is 212 g/mol. The molecule has 4 nitrogen and oxygen atoms in total. The van der Waals surface area contributed by atoms with Crippen LogP contribution in [0.25, 0.3) is 5.69 Å². The summed E-state index contributed by atoms with van der Waals surface area (Å²) in [6, 6.07) is 2.56. The first-order valence-corrected chi connectivity index (χ1v) is 4.16. The molecule has 0 unspecified atom stereocenters. The highest BCUT2D eigenvalue weighted by atomic mass is 35.5. The van der Waals surface area contributed by atoms with E-state index in [1.54, 1.807) is 0 Å². The SMILES string of the molecule is Nc1cc(F)c(Cl)cc1-n1cncn1. The van der Waals surface area contributed by atoms with Crippen molar-refractivity contribution in [2.24, 2.45) is 0 Å². The molecule has 72 valence electrons. The van der Waals surface area contributed by atoms with Gasteiger partial charge in [-0.3, -0.25) is 0 Å². The van der Waals surface area contributed by atoms with Crippen molar-refractivity contribution in [1.82, 2.24) is 14.8 Å². The topological polar surface area (TPSA) is 56.7 Å². The summed E-state index contributed by atoms with van der Waals surface area (Å²) < 4.78 is 14.4. The lowest BCUT2D eigenvalue weighted by Crippen LogP contribution is -2.01. The number of rotatable bonds is 1. The van der Waals surface area contributed by atoms with Gasteiger partial charge in [-0.2, -0.15) is 5.10 Å². The second-order valence-corrected chi connectivity index (χ2v) is 3.07. The summed E-state index contributed by atoms with van der Waals surface area (Å²) in [4.78, 5) is 3.75. The maximum atomic E-state index is 12.9. The van der Waals surface area contributed by atoms with Crippen LogP contribution in [0.15, 0.2) is 24.8 Å². The number of aromatic nitrogens is 3. The summed E-state index contributed by atoms with van der Waals surface area (Å²) >= 11 is 5.61. The van der Waals surface area contributed by atoms with Gasteiger partial charge in [-0.15, -0.1) is 0 Å². The van der Waals surface area contributed by atoms with E-state index >= 15 is 0 Å². The quantitative estimate of drug-likeness (QED) is 0.732. The Balaban J connectivity index is 2.60.